The standard InChI is InChI=1S/C15H28N4OS.HI/c1-6-15(20,7-2)10-18-14(16-8-3)17-9-13-11(4)19-12(5)21-13;/h20H,6-10H2,1-5H3,(H2,16,17,18);1H. The fraction of sp³-hybridized carbons (Fsp3) is 0.733. The molecule has 0 spiro atoms. The number of thiazole rings is 1. The van der Waals surface area contributed by atoms with Crippen molar-refractivity contribution in [3.05, 3.63) is 15.6 Å². The van der Waals surface area contributed by atoms with Crippen LogP contribution in [-0.4, -0.2) is 34.7 Å². The summed E-state index contributed by atoms with van der Waals surface area (Å²) in [4.78, 5) is 10.2. The molecule has 1 rings (SSSR count). The van der Waals surface area contributed by atoms with E-state index < -0.39 is 5.60 Å². The van der Waals surface area contributed by atoms with E-state index in [1.165, 1.54) is 4.88 Å². The molecule has 0 aromatic carbocycles. The van der Waals surface area contributed by atoms with Crippen LogP contribution in [-0.2, 0) is 6.54 Å². The number of guanidine groups is 1. The highest BCUT2D eigenvalue weighted by atomic mass is 127. The maximum atomic E-state index is 10.3. The minimum Gasteiger partial charge on any atom is -0.388 e. The molecule has 7 heteroatoms. The molecule has 0 saturated heterocycles. The quantitative estimate of drug-likeness (QED) is 0.347. The van der Waals surface area contributed by atoms with E-state index >= 15 is 0 Å². The summed E-state index contributed by atoms with van der Waals surface area (Å²) in [6.07, 6.45) is 1.45. The molecule has 1 aromatic heterocycles. The van der Waals surface area contributed by atoms with Crippen LogP contribution in [0.1, 0.15) is 49.2 Å². The van der Waals surface area contributed by atoms with Gasteiger partial charge in [0.05, 0.1) is 22.8 Å². The first kappa shape index (κ1) is 21.6. The molecule has 0 unspecified atom stereocenters. The first-order chi connectivity index (χ1) is 9.94. The van der Waals surface area contributed by atoms with E-state index in [1.54, 1.807) is 11.3 Å². The number of aryl methyl sites for hydroxylation is 2. The molecule has 0 aliphatic rings. The Labute approximate surface area is 155 Å². The van der Waals surface area contributed by atoms with E-state index in [1.807, 2.05) is 34.6 Å². The summed E-state index contributed by atoms with van der Waals surface area (Å²) in [5.74, 6) is 0.739. The summed E-state index contributed by atoms with van der Waals surface area (Å²) in [6.45, 7) is 12.0. The highest BCUT2D eigenvalue weighted by molar-refractivity contribution is 14.0. The average Bonchev–Trinajstić information content (AvgIpc) is 2.79. The van der Waals surface area contributed by atoms with Gasteiger partial charge >= 0.3 is 0 Å². The molecule has 1 aromatic rings. The molecule has 0 aliphatic heterocycles. The van der Waals surface area contributed by atoms with Gasteiger partial charge in [-0.3, -0.25) is 0 Å². The summed E-state index contributed by atoms with van der Waals surface area (Å²) >= 11 is 1.68. The zero-order valence-electron chi connectivity index (χ0n) is 14.2. The Hall–Kier alpha value is -0.410. The van der Waals surface area contributed by atoms with Gasteiger partial charge in [0.1, 0.15) is 0 Å². The van der Waals surface area contributed by atoms with Gasteiger partial charge < -0.3 is 15.7 Å². The SMILES string of the molecule is CCNC(=NCc1sc(C)nc1C)NCC(O)(CC)CC.I. The number of rotatable bonds is 7. The second-order valence-electron chi connectivity index (χ2n) is 5.22. The lowest BCUT2D eigenvalue weighted by atomic mass is 9.98. The Balaban J connectivity index is 0.00000441. The van der Waals surface area contributed by atoms with Crippen molar-refractivity contribution in [3.63, 3.8) is 0 Å². The van der Waals surface area contributed by atoms with Crippen molar-refractivity contribution >= 4 is 41.3 Å². The van der Waals surface area contributed by atoms with Gasteiger partial charge in [0.25, 0.3) is 0 Å². The first-order valence-electron chi connectivity index (χ1n) is 7.61. The number of aliphatic imine (C=N–C) groups is 1. The number of hydrogen-bond acceptors (Lipinski definition) is 4. The van der Waals surface area contributed by atoms with E-state index in [2.05, 4.69) is 20.6 Å². The fourth-order valence-electron chi connectivity index (χ4n) is 1.96. The van der Waals surface area contributed by atoms with Gasteiger partial charge in [0, 0.05) is 18.0 Å². The minimum absolute atomic E-state index is 0. The number of hydrogen-bond donors (Lipinski definition) is 3. The van der Waals surface area contributed by atoms with Crippen LogP contribution in [0.15, 0.2) is 4.99 Å². The molecule has 0 amide bonds. The lowest BCUT2D eigenvalue weighted by Gasteiger charge is -2.26. The summed E-state index contributed by atoms with van der Waals surface area (Å²) < 4.78 is 0. The van der Waals surface area contributed by atoms with Gasteiger partial charge in [-0.05, 0) is 33.6 Å². The smallest absolute Gasteiger partial charge is 0.191 e. The molecule has 3 N–H and O–H groups in total. The third kappa shape index (κ3) is 6.78. The van der Waals surface area contributed by atoms with Crippen LogP contribution in [0.2, 0.25) is 0 Å². The van der Waals surface area contributed by atoms with Crippen LogP contribution in [0.3, 0.4) is 0 Å². The third-order valence-corrected chi connectivity index (χ3v) is 4.68. The molecule has 0 saturated carbocycles. The molecule has 128 valence electrons. The van der Waals surface area contributed by atoms with Gasteiger partial charge in [-0.2, -0.15) is 0 Å². The Morgan fingerprint density at radius 2 is 1.86 bits per heavy atom. The van der Waals surface area contributed by atoms with Crippen molar-refractivity contribution in [1.82, 2.24) is 15.6 Å². The molecule has 1 heterocycles. The molecule has 0 radical (unpaired) electrons. The number of nitrogens with zero attached hydrogens (tertiary/aromatic N) is 2. The molecule has 5 nitrogen and oxygen atoms in total. The largest absolute Gasteiger partial charge is 0.388 e. The van der Waals surface area contributed by atoms with Gasteiger partial charge in [0.15, 0.2) is 5.96 Å². The molecule has 0 aliphatic carbocycles. The number of nitrogens with one attached hydrogen (secondary N) is 2. The lowest BCUT2D eigenvalue weighted by molar-refractivity contribution is 0.0367. The lowest BCUT2D eigenvalue weighted by Crippen LogP contribution is -2.46. The van der Waals surface area contributed by atoms with Gasteiger partial charge in [0.2, 0.25) is 0 Å². The zero-order chi connectivity index (χ0) is 15.9. The van der Waals surface area contributed by atoms with Crippen LogP contribution in [0.4, 0.5) is 0 Å². The van der Waals surface area contributed by atoms with Crippen molar-refractivity contribution in [1.29, 1.82) is 0 Å². The van der Waals surface area contributed by atoms with E-state index in [0.717, 1.165) is 36.0 Å². The van der Waals surface area contributed by atoms with E-state index in [4.69, 9.17) is 0 Å². The van der Waals surface area contributed by atoms with Crippen LogP contribution < -0.4 is 10.6 Å². The highest BCUT2D eigenvalue weighted by Crippen LogP contribution is 2.18. The topological polar surface area (TPSA) is 69.5 Å². The Kier molecular flexibility index (Phi) is 10.2. The van der Waals surface area contributed by atoms with Gasteiger partial charge in [-0.1, -0.05) is 13.8 Å². The van der Waals surface area contributed by atoms with Crippen molar-refractivity contribution < 1.29 is 5.11 Å². The maximum Gasteiger partial charge on any atom is 0.191 e. The minimum atomic E-state index is -0.673. The summed E-state index contributed by atoms with van der Waals surface area (Å²) in [5.41, 5.74) is 0.378. The third-order valence-electron chi connectivity index (χ3n) is 3.63. The van der Waals surface area contributed by atoms with E-state index in [-0.39, 0.29) is 24.0 Å². The Morgan fingerprint density at radius 3 is 2.32 bits per heavy atom. The summed E-state index contributed by atoms with van der Waals surface area (Å²) in [5, 5.41) is 17.8. The van der Waals surface area contributed by atoms with Crippen LogP contribution in [0.25, 0.3) is 0 Å². The predicted octanol–water partition coefficient (Wildman–Crippen LogP) is 2.98. The highest BCUT2D eigenvalue weighted by Gasteiger charge is 2.22. The monoisotopic (exact) mass is 440 g/mol. The molecule has 0 fully saturated rings. The van der Waals surface area contributed by atoms with Crippen LogP contribution >= 0.6 is 35.3 Å². The Morgan fingerprint density at radius 1 is 1.23 bits per heavy atom. The van der Waals surface area contributed by atoms with Gasteiger partial charge in [-0.25, -0.2) is 9.98 Å². The Bertz CT molecular complexity index is 472. The van der Waals surface area contributed by atoms with Gasteiger partial charge in [-0.15, -0.1) is 35.3 Å². The van der Waals surface area contributed by atoms with Crippen molar-refractivity contribution in [2.45, 2.75) is 59.6 Å². The van der Waals surface area contributed by atoms with Crippen molar-refractivity contribution in [3.8, 4) is 0 Å². The second kappa shape index (κ2) is 10.4. The fourth-order valence-corrected chi connectivity index (χ4v) is 2.82. The molecular weight excluding hydrogens is 411 g/mol. The summed E-state index contributed by atoms with van der Waals surface area (Å²) in [6, 6.07) is 0. The van der Waals surface area contributed by atoms with Crippen molar-refractivity contribution in [2.75, 3.05) is 13.1 Å². The maximum absolute atomic E-state index is 10.3. The predicted molar refractivity (Wildman–Crippen MR) is 105 cm³/mol. The van der Waals surface area contributed by atoms with E-state index in [9.17, 15) is 5.11 Å². The molecule has 22 heavy (non-hydrogen) atoms. The first-order valence-corrected chi connectivity index (χ1v) is 8.43. The van der Waals surface area contributed by atoms with E-state index in [0.29, 0.717) is 13.1 Å². The molecular formula is C15H29IN4OS. The average molecular weight is 440 g/mol. The van der Waals surface area contributed by atoms with Crippen LogP contribution in [0, 0.1) is 13.8 Å². The summed E-state index contributed by atoms with van der Waals surface area (Å²) in [7, 11) is 0. The number of aromatic nitrogens is 1. The molecule has 0 atom stereocenters. The van der Waals surface area contributed by atoms with Crippen LogP contribution in [0.5, 0.6) is 0 Å². The zero-order valence-corrected chi connectivity index (χ0v) is 17.3. The normalized spacial score (nSPS) is 12.0. The van der Waals surface area contributed by atoms with Crippen molar-refractivity contribution in [2.24, 2.45) is 4.99 Å². The second-order valence-corrected chi connectivity index (χ2v) is 6.51. The number of halogens is 1. The number of aliphatic hydroxyl groups is 1. The molecule has 0 bridgehead atoms.